The largest absolute Gasteiger partial charge is 0.456 e. The van der Waals surface area contributed by atoms with E-state index in [2.05, 4.69) is 109 Å². The van der Waals surface area contributed by atoms with Gasteiger partial charge in [-0.1, -0.05) is 109 Å². The molecule has 11 rings (SSSR count). The molecule has 2 aliphatic rings. The van der Waals surface area contributed by atoms with Crippen LogP contribution < -0.4 is 0 Å². The highest BCUT2D eigenvalue weighted by Gasteiger charge is 2.22. The Bertz CT molecular complexity index is 3060. The van der Waals surface area contributed by atoms with Crippen molar-refractivity contribution in [1.82, 2.24) is 15.0 Å². The number of para-hydroxylation sites is 2. The molecule has 1 atom stereocenters. The Morgan fingerprint density at radius 1 is 0.500 bits per heavy atom. The van der Waals surface area contributed by atoms with Gasteiger partial charge in [-0.05, 0) is 88.0 Å². The molecule has 1 unspecified atom stereocenters. The fourth-order valence-electron chi connectivity index (χ4n) is 7.84. The summed E-state index contributed by atoms with van der Waals surface area (Å²) < 4.78 is 12.4. The van der Waals surface area contributed by atoms with Crippen LogP contribution in [0.1, 0.15) is 12.2 Å². The molecule has 2 aliphatic carbocycles. The summed E-state index contributed by atoms with van der Waals surface area (Å²) in [5.74, 6) is 2.28. The first kappa shape index (κ1) is 28.9. The van der Waals surface area contributed by atoms with Crippen LogP contribution in [0.2, 0.25) is 0 Å². The minimum Gasteiger partial charge on any atom is -0.456 e. The first-order chi connectivity index (χ1) is 25.7. The van der Waals surface area contributed by atoms with Crippen LogP contribution in [0.4, 0.5) is 0 Å². The van der Waals surface area contributed by atoms with Gasteiger partial charge in [-0.2, -0.15) is 0 Å². The van der Waals surface area contributed by atoms with Gasteiger partial charge in [-0.3, -0.25) is 0 Å². The number of fused-ring (bicyclic) bond motifs is 8. The quantitative estimate of drug-likeness (QED) is 0.187. The average molecular weight is 668 g/mol. The van der Waals surface area contributed by atoms with Crippen molar-refractivity contribution < 1.29 is 8.83 Å². The highest BCUT2D eigenvalue weighted by atomic mass is 16.3. The Hall–Kier alpha value is -6.85. The van der Waals surface area contributed by atoms with E-state index in [-0.39, 0.29) is 0 Å². The predicted octanol–water partition coefficient (Wildman–Crippen LogP) is 12.3. The maximum Gasteiger partial charge on any atom is 0.164 e. The van der Waals surface area contributed by atoms with E-state index in [1.807, 2.05) is 48.5 Å². The van der Waals surface area contributed by atoms with Crippen molar-refractivity contribution in [3.8, 4) is 33.9 Å². The number of allylic oxidation sites excluding steroid dienone is 8. The van der Waals surface area contributed by atoms with Gasteiger partial charge in [-0.15, -0.1) is 0 Å². The summed E-state index contributed by atoms with van der Waals surface area (Å²) in [6.07, 6.45) is 13.8. The Labute approximate surface area is 298 Å². The normalized spacial score (nSPS) is 15.5. The minimum absolute atomic E-state index is 0.304. The molecule has 0 saturated carbocycles. The van der Waals surface area contributed by atoms with Crippen LogP contribution in [0, 0.1) is 5.92 Å². The van der Waals surface area contributed by atoms with Crippen LogP contribution in [0.25, 0.3) is 94.1 Å². The molecule has 3 aromatic heterocycles. The SMILES string of the molecule is C1=CC2=CC=C(c3nc(-c4ccc5ccc(-c6cccc7oc8ccccc8c67)cc5c4)nc(-c4ccc5oc6ccccc6c5c4)n3)CC2C=C1. The summed E-state index contributed by atoms with van der Waals surface area (Å²) in [7, 11) is 0. The van der Waals surface area contributed by atoms with Gasteiger partial charge in [0.1, 0.15) is 22.3 Å². The Kier molecular flexibility index (Phi) is 6.31. The summed E-state index contributed by atoms with van der Waals surface area (Å²) in [4.78, 5) is 15.4. The molecule has 5 heteroatoms. The summed E-state index contributed by atoms with van der Waals surface area (Å²) in [6.45, 7) is 0. The van der Waals surface area contributed by atoms with Gasteiger partial charge in [0, 0.05) is 38.6 Å². The highest BCUT2D eigenvalue weighted by Crippen LogP contribution is 2.39. The Morgan fingerprint density at radius 3 is 2.06 bits per heavy atom. The third kappa shape index (κ3) is 4.67. The van der Waals surface area contributed by atoms with Crippen LogP contribution in [0.15, 0.2) is 172 Å². The molecule has 3 heterocycles. The highest BCUT2D eigenvalue weighted by molar-refractivity contribution is 6.13. The number of hydrogen-bond acceptors (Lipinski definition) is 5. The van der Waals surface area contributed by atoms with Crippen LogP contribution in [0.3, 0.4) is 0 Å². The number of aromatic nitrogens is 3. The maximum atomic E-state index is 6.21. The minimum atomic E-state index is 0.304. The molecule has 6 aromatic carbocycles. The zero-order valence-corrected chi connectivity index (χ0v) is 28.0. The topological polar surface area (TPSA) is 65.0 Å². The lowest BCUT2D eigenvalue weighted by molar-refractivity contribution is 0.668. The summed E-state index contributed by atoms with van der Waals surface area (Å²) in [5, 5.41) is 6.62. The van der Waals surface area contributed by atoms with Crippen LogP contribution in [-0.2, 0) is 0 Å². The lowest BCUT2D eigenvalue weighted by Gasteiger charge is -2.22. The fourth-order valence-corrected chi connectivity index (χ4v) is 7.84. The third-order valence-electron chi connectivity index (χ3n) is 10.5. The molecule has 5 nitrogen and oxygen atoms in total. The number of nitrogens with zero attached hydrogens (tertiary/aromatic N) is 3. The number of rotatable bonds is 4. The maximum absolute atomic E-state index is 6.21. The summed E-state index contributed by atoms with van der Waals surface area (Å²) >= 11 is 0. The van der Waals surface area contributed by atoms with Crippen molar-refractivity contribution in [3.05, 3.63) is 169 Å². The lowest BCUT2D eigenvalue weighted by atomic mass is 9.84. The van der Waals surface area contributed by atoms with E-state index >= 15 is 0 Å². The molecule has 0 saturated heterocycles. The van der Waals surface area contributed by atoms with Crippen molar-refractivity contribution >= 4 is 60.2 Å². The second-order valence-electron chi connectivity index (χ2n) is 13.6. The monoisotopic (exact) mass is 667 g/mol. The lowest BCUT2D eigenvalue weighted by Crippen LogP contribution is -2.10. The molecule has 52 heavy (non-hydrogen) atoms. The molecule has 0 amide bonds. The second-order valence-corrected chi connectivity index (χ2v) is 13.6. The van der Waals surface area contributed by atoms with Crippen LogP contribution in [0.5, 0.6) is 0 Å². The van der Waals surface area contributed by atoms with Gasteiger partial charge in [0.05, 0.1) is 0 Å². The predicted molar refractivity (Wildman–Crippen MR) is 211 cm³/mol. The third-order valence-corrected chi connectivity index (χ3v) is 10.5. The molecule has 0 spiro atoms. The molecular formula is C47H29N3O2. The van der Waals surface area contributed by atoms with Gasteiger partial charge in [0.15, 0.2) is 17.5 Å². The summed E-state index contributed by atoms with van der Waals surface area (Å²) in [5.41, 5.74) is 10.0. The first-order valence-corrected chi connectivity index (χ1v) is 17.6. The van der Waals surface area contributed by atoms with Gasteiger partial charge < -0.3 is 8.83 Å². The van der Waals surface area contributed by atoms with E-state index in [9.17, 15) is 0 Å². The van der Waals surface area contributed by atoms with E-state index in [0.717, 1.165) is 88.9 Å². The van der Waals surface area contributed by atoms with Crippen molar-refractivity contribution in [2.24, 2.45) is 5.92 Å². The number of benzene rings is 6. The van der Waals surface area contributed by atoms with Crippen LogP contribution >= 0.6 is 0 Å². The van der Waals surface area contributed by atoms with Gasteiger partial charge in [0.25, 0.3) is 0 Å². The Morgan fingerprint density at radius 2 is 1.17 bits per heavy atom. The van der Waals surface area contributed by atoms with E-state index in [1.165, 1.54) is 5.57 Å². The first-order valence-electron chi connectivity index (χ1n) is 17.6. The van der Waals surface area contributed by atoms with Crippen molar-refractivity contribution in [3.63, 3.8) is 0 Å². The van der Waals surface area contributed by atoms with Crippen molar-refractivity contribution in [1.29, 1.82) is 0 Å². The second kappa shape index (κ2) is 11.3. The smallest absolute Gasteiger partial charge is 0.164 e. The zero-order chi connectivity index (χ0) is 34.2. The molecule has 0 radical (unpaired) electrons. The van der Waals surface area contributed by atoms with Gasteiger partial charge in [-0.25, -0.2) is 15.0 Å². The molecule has 0 fully saturated rings. The fraction of sp³-hybridized carbons (Fsp3) is 0.0426. The van der Waals surface area contributed by atoms with E-state index in [4.69, 9.17) is 23.8 Å². The molecule has 0 N–H and O–H groups in total. The zero-order valence-electron chi connectivity index (χ0n) is 28.0. The molecular weight excluding hydrogens is 639 g/mol. The molecule has 0 bridgehead atoms. The number of hydrogen-bond donors (Lipinski definition) is 0. The van der Waals surface area contributed by atoms with Crippen molar-refractivity contribution in [2.75, 3.05) is 0 Å². The van der Waals surface area contributed by atoms with Gasteiger partial charge >= 0.3 is 0 Å². The number of furan rings is 2. The van der Waals surface area contributed by atoms with E-state index in [1.54, 1.807) is 0 Å². The average Bonchev–Trinajstić information content (AvgIpc) is 3.78. The Balaban J connectivity index is 1.07. The van der Waals surface area contributed by atoms with E-state index < -0.39 is 0 Å². The standard InChI is InChI=1S/C47H29N3O2/c1-2-9-30-24-32(20-17-28(30)8-1)45-48-46(50-47(49-45)34-22-23-42-39(27-34)37-10-3-5-13-40(37)51-42)33-21-18-29-16-19-31(25-35(29)26-33)36-12-7-15-43-44(36)38-11-4-6-14-41(38)52-43/h1-23,25-27,30H,24H2. The van der Waals surface area contributed by atoms with E-state index in [0.29, 0.717) is 23.4 Å². The molecule has 0 aliphatic heterocycles. The molecule has 244 valence electrons. The summed E-state index contributed by atoms with van der Waals surface area (Å²) in [6, 6.07) is 42.0. The van der Waals surface area contributed by atoms with Crippen LogP contribution in [-0.4, -0.2) is 15.0 Å². The van der Waals surface area contributed by atoms with Gasteiger partial charge in [0.2, 0.25) is 0 Å². The van der Waals surface area contributed by atoms with Crippen molar-refractivity contribution in [2.45, 2.75) is 6.42 Å². The molecule has 9 aromatic rings.